The van der Waals surface area contributed by atoms with Gasteiger partial charge in [-0.15, -0.1) is 0 Å². The van der Waals surface area contributed by atoms with Crippen molar-refractivity contribution >= 4 is 0 Å². The molecule has 11 heavy (non-hydrogen) atoms. The van der Waals surface area contributed by atoms with Crippen LogP contribution in [0.4, 0.5) is 0 Å². The largest absolute Gasteiger partial charge is 0.511 e. The summed E-state index contributed by atoms with van der Waals surface area (Å²) >= 11 is 0. The van der Waals surface area contributed by atoms with Gasteiger partial charge in [0.05, 0.1) is 12.7 Å². The number of allylic oxidation sites excluding steroid dienone is 1. The molecular weight excluding hydrogens is 146 g/mol. The average Bonchev–Trinajstić information content (AvgIpc) is 1.88. The van der Waals surface area contributed by atoms with Crippen LogP contribution in [0.1, 0.15) is 13.8 Å². The minimum absolute atomic E-state index is 0.0444. The molecule has 1 N–H and O–H groups in total. The normalized spacial score (nSPS) is 15.1. The molecule has 0 bridgehead atoms. The van der Waals surface area contributed by atoms with Crippen molar-refractivity contribution in [1.29, 1.82) is 5.26 Å². The second kappa shape index (κ2) is 4.72. The van der Waals surface area contributed by atoms with Crippen molar-refractivity contribution in [3.63, 3.8) is 0 Å². The van der Waals surface area contributed by atoms with Crippen molar-refractivity contribution in [3.05, 3.63) is 11.3 Å². The fraction of sp³-hybridized carbons (Fsp3) is 0.571. The minimum Gasteiger partial charge on any atom is -0.511 e. The van der Waals surface area contributed by atoms with Gasteiger partial charge < -0.3 is 5.11 Å². The maximum Gasteiger partial charge on any atom is 0.128 e. The molecule has 0 fully saturated rings. The fourth-order valence-corrected chi connectivity index (χ4v) is 0.658. The van der Waals surface area contributed by atoms with E-state index < -0.39 is 6.10 Å². The summed E-state index contributed by atoms with van der Waals surface area (Å²) in [6.45, 7) is 3.04. The zero-order valence-corrected chi connectivity index (χ0v) is 6.79. The second-order valence-corrected chi connectivity index (χ2v) is 2.02. The maximum atomic E-state index is 8.93. The first-order chi connectivity index (χ1) is 5.13. The molecule has 0 aromatic carbocycles. The van der Waals surface area contributed by atoms with Crippen LogP contribution in [0.2, 0.25) is 0 Å². The summed E-state index contributed by atoms with van der Waals surface area (Å²) in [5.74, 6) is -0.0444. The van der Waals surface area contributed by atoms with Crippen molar-refractivity contribution in [3.8, 4) is 6.07 Å². The standard InChI is InChI=1S/C7H11NO3/c1-5(9)7(4-8)6(2)11-10-3/h6,9H,1-3H3/b7-5-. The molecule has 4 nitrogen and oxygen atoms in total. The monoisotopic (exact) mass is 157 g/mol. The lowest BCUT2D eigenvalue weighted by Crippen LogP contribution is -2.11. The highest BCUT2D eigenvalue weighted by molar-refractivity contribution is 5.26. The summed E-state index contributed by atoms with van der Waals surface area (Å²) < 4.78 is 0. The van der Waals surface area contributed by atoms with E-state index in [0.717, 1.165) is 0 Å². The third kappa shape index (κ3) is 3.03. The van der Waals surface area contributed by atoms with E-state index in [1.54, 1.807) is 6.92 Å². The predicted octanol–water partition coefficient (Wildman–Crippen LogP) is 1.31. The molecule has 4 heteroatoms. The third-order valence-electron chi connectivity index (χ3n) is 1.16. The van der Waals surface area contributed by atoms with Gasteiger partial charge in [0.15, 0.2) is 0 Å². The Morgan fingerprint density at radius 2 is 2.18 bits per heavy atom. The number of aliphatic hydroxyl groups excluding tert-OH is 1. The van der Waals surface area contributed by atoms with E-state index in [1.165, 1.54) is 14.0 Å². The molecule has 0 saturated heterocycles. The Kier molecular flexibility index (Phi) is 4.27. The van der Waals surface area contributed by atoms with Crippen LogP contribution >= 0.6 is 0 Å². The molecule has 0 radical (unpaired) electrons. The lowest BCUT2D eigenvalue weighted by atomic mass is 10.1. The van der Waals surface area contributed by atoms with Crippen molar-refractivity contribution in [2.24, 2.45) is 0 Å². The number of aliphatic hydroxyl groups is 1. The quantitative estimate of drug-likeness (QED) is 0.290. The minimum atomic E-state index is -0.532. The van der Waals surface area contributed by atoms with E-state index in [1.807, 2.05) is 6.07 Å². The first-order valence-electron chi connectivity index (χ1n) is 3.12. The lowest BCUT2D eigenvalue weighted by Gasteiger charge is -2.08. The smallest absolute Gasteiger partial charge is 0.128 e. The van der Waals surface area contributed by atoms with Gasteiger partial charge in [0.1, 0.15) is 17.9 Å². The summed E-state index contributed by atoms with van der Waals surface area (Å²) in [5.41, 5.74) is 0.173. The van der Waals surface area contributed by atoms with Crippen LogP contribution in [-0.4, -0.2) is 18.3 Å². The highest BCUT2D eigenvalue weighted by Gasteiger charge is 2.12. The Bertz CT molecular complexity index is 188. The van der Waals surface area contributed by atoms with Gasteiger partial charge in [-0.2, -0.15) is 5.26 Å². The molecule has 0 saturated carbocycles. The Morgan fingerprint density at radius 3 is 2.45 bits per heavy atom. The summed E-state index contributed by atoms with van der Waals surface area (Å²) in [7, 11) is 1.35. The molecule has 0 aliphatic heterocycles. The number of hydrogen-bond donors (Lipinski definition) is 1. The molecule has 62 valence electrons. The topological polar surface area (TPSA) is 62.5 Å². The Hall–Kier alpha value is -1.05. The van der Waals surface area contributed by atoms with E-state index in [0.29, 0.717) is 0 Å². The van der Waals surface area contributed by atoms with E-state index in [4.69, 9.17) is 10.4 Å². The highest BCUT2D eigenvalue weighted by Crippen LogP contribution is 2.08. The second-order valence-electron chi connectivity index (χ2n) is 2.02. The van der Waals surface area contributed by atoms with Gasteiger partial charge in [0.2, 0.25) is 0 Å². The molecule has 0 aromatic heterocycles. The molecule has 0 spiro atoms. The molecule has 0 aromatic rings. The van der Waals surface area contributed by atoms with Crippen LogP contribution in [0.5, 0.6) is 0 Å². The van der Waals surface area contributed by atoms with Crippen LogP contribution in [0.3, 0.4) is 0 Å². The van der Waals surface area contributed by atoms with E-state index in [2.05, 4.69) is 9.78 Å². The Morgan fingerprint density at radius 1 is 1.64 bits per heavy atom. The highest BCUT2D eigenvalue weighted by atomic mass is 17.2. The first kappa shape index (κ1) is 9.95. The van der Waals surface area contributed by atoms with Gasteiger partial charge in [0, 0.05) is 0 Å². The summed E-state index contributed by atoms with van der Waals surface area (Å²) in [6.07, 6.45) is -0.532. The van der Waals surface area contributed by atoms with E-state index in [9.17, 15) is 0 Å². The molecular formula is C7H11NO3. The van der Waals surface area contributed by atoms with Crippen LogP contribution in [0, 0.1) is 11.3 Å². The molecule has 0 aliphatic rings. The molecule has 1 atom stereocenters. The number of hydrogen-bond acceptors (Lipinski definition) is 4. The van der Waals surface area contributed by atoms with Crippen molar-refractivity contribution in [1.82, 2.24) is 0 Å². The summed E-state index contributed by atoms with van der Waals surface area (Å²) in [4.78, 5) is 8.96. The van der Waals surface area contributed by atoms with Gasteiger partial charge in [-0.3, -0.25) is 0 Å². The van der Waals surface area contributed by atoms with Gasteiger partial charge >= 0.3 is 0 Å². The van der Waals surface area contributed by atoms with Crippen LogP contribution < -0.4 is 0 Å². The maximum absolute atomic E-state index is 8.93. The van der Waals surface area contributed by atoms with E-state index in [-0.39, 0.29) is 11.3 Å². The van der Waals surface area contributed by atoms with Gasteiger partial charge in [-0.1, -0.05) is 0 Å². The molecule has 0 rings (SSSR count). The molecule has 0 aliphatic carbocycles. The molecule has 1 unspecified atom stereocenters. The fourth-order valence-electron chi connectivity index (χ4n) is 0.658. The van der Waals surface area contributed by atoms with Crippen molar-refractivity contribution < 1.29 is 14.9 Å². The number of rotatable bonds is 3. The predicted molar refractivity (Wildman–Crippen MR) is 38.5 cm³/mol. The number of nitrogens with zero attached hydrogens (tertiary/aromatic N) is 1. The van der Waals surface area contributed by atoms with Crippen LogP contribution in [0.25, 0.3) is 0 Å². The van der Waals surface area contributed by atoms with Gasteiger partial charge in [0.25, 0.3) is 0 Å². The van der Waals surface area contributed by atoms with Crippen LogP contribution in [-0.2, 0) is 9.78 Å². The van der Waals surface area contributed by atoms with Crippen molar-refractivity contribution in [2.75, 3.05) is 7.11 Å². The molecule has 0 amide bonds. The first-order valence-corrected chi connectivity index (χ1v) is 3.12. The van der Waals surface area contributed by atoms with E-state index >= 15 is 0 Å². The van der Waals surface area contributed by atoms with Gasteiger partial charge in [-0.05, 0) is 13.8 Å². The zero-order chi connectivity index (χ0) is 8.85. The summed E-state index contributed by atoms with van der Waals surface area (Å²) in [6, 6.07) is 1.81. The SMILES string of the molecule is COOC(C)/C(C#N)=C(/C)O. The van der Waals surface area contributed by atoms with Crippen LogP contribution in [0.15, 0.2) is 11.3 Å². The molecule has 0 heterocycles. The summed E-state index contributed by atoms with van der Waals surface area (Å²) in [5, 5.41) is 17.4. The van der Waals surface area contributed by atoms with Gasteiger partial charge in [-0.25, -0.2) is 9.78 Å². The Balaban J connectivity index is 4.31. The lowest BCUT2D eigenvalue weighted by molar-refractivity contribution is -0.291. The number of nitriles is 1. The third-order valence-corrected chi connectivity index (χ3v) is 1.16. The zero-order valence-electron chi connectivity index (χ0n) is 6.79. The Labute approximate surface area is 65.6 Å². The average molecular weight is 157 g/mol. The van der Waals surface area contributed by atoms with Crippen molar-refractivity contribution in [2.45, 2.75) is 20.0 Å².